The maximum Gasteiger partial charge on any atom is 0.416 e. The molecule has 3 heterocycles. The minimum absolute atomic E-state index is 0.00376. The van der Waals surface area contributed by atoms with Crippen molar-refractivity contribution in [1.29, 1.82) is 0 Å². The van der Waals surface area contributed by atoms with E-state index < -0.39 is 47.5 Å². The number of nitrogens with one attached hydrogen (secondary N) is 2. The third kappa shape index (κ3) is 9.94. The van der Waals surface area contributed by atoms with Crippen molar-refractivity contribution in [2.45, 2.75) is 89.9 Å². The number of anilines is 2. The molecule has 0 bridgehead atoms. The summed E-state index contributed by atoms with van der Waals surface area (Å²) in [6, 6.07) is 10.0. The van der Waals surface area contributed by atoms with Crippen LogP contribution in [0.3, 0.4) is 0 Å². The molecule has 1 aliphatic carbocycles. The number of rotatable bonds is 18. The number of piperidine rings is 1. The molecular formula is C45H50F3N7O8. The first-order chi connectivity index (χ1) is 30.0. The number of nitrogens with zero attached hydrogens (tertiary/aromatic N) is 4. The van der Waals surface area contributed by atoms with Gasteiger partial charge in [0.25, 0.3) is 11.8 Å². The Kier molecular flexibility index (Phi) is 12.8. The van der Waals surface area contributed by atoms with Gasteiger partial charge in [-0.1, -0.05) is 18.9 Å². The summed E-state index contributed by atoms with van der Waals surface area (Å²) < 4.78 is 58.6. The molecule has 2 fully saturated rings. The smallest absolute Gasteiger partial charge is 0.416 e. The number of nitrogen functional groups attached to an aromatic ring is 1. The van der Waals surface area contributed by atoms with Crippen molar-refractivity contribution in [3.05, 3.63) is 76.6 Å². The summed E-state index contributed by atoms with van der Waals surface area (Å²) in [5.74, 6) is -0.323. The Balaban J connectivity index is 0.882. The first-order valence-corrected chi connectivity index (χ1v) is 20.9. The van der Waals surface area contributed by atoms with Crippen LogP contribution in [-0.4, -0.2) is 89.3 Å². The highest BCUT2D eigenvalue weighted by Crippen LogP contribution is 2.47. The van der Waals surface area contributed by atoms with E-state index in [4.69, 9.17) is 19.9 Å². The molecule has 334 valence electrons. The highest BCUT2D eigenvalue weighted by molar-refractivity contribution is 6.24. The Bertz CT molecular complexity index is 2460. The number of hydrogen-bond acceptors (Lipinski definition) is 12. The molecule has 4 N–H and O–H groups in total. The number of halogens is 3. The summed E-state index contributed by atoms with van der Waals surface area (Å²) in [6.45, 7) is 4.55. The van der Waals surface area contributed by atoms with Crippen molar-refractivity contribution >= 4 is 51.9 Å². The van der Waals surface area contributed by atoms with Crippen LogP contribution in [0, 0.1) is 12.3 Å². The maximum absolute atomic E-state index is 13.6. The second-order valence-electron chi connectivity index (χ2n) is 16.6. The molecule has 0 spiro atoms. The van der Waals surface area contributed by atoms with Gasteiger partial charge in [0.2, 0.25) is 17.7 Å². The average Bonchev–Trinajstić information content (AvgIpc) is 3.95. The number of alkyl halides is 3. The molecule has 1 saturated carbocycles. The van der Waals surface area contributed by atoms with E-state index in [1.807, 2.05) is 0 Å². The van der Waals surface area contributed by atoms with Crippen molar-refractivity contribution in [3.8, 4) is 17.2 Å². The lowest BCUT2D eigenvalue weighted by atomic mass is 10.0. The van der Waals surface area contributed by atoms with Gasteiger partial charge in [-0.2, -0.15) is 13.2 Å². The number of nitrogens with two attached hydrogens (primary N) is 1. The number of amides is 5. The highest BCUT2D eigenvalue weighted by Gasteiger charge is 2.47. The van der Waals surface area contributed by atoms with E-state index in [0.717, 1.165) is 42.7 Å². The Labute approximate surface area is 361 Å². The van der Waals surface area contributed by atoms with E-state index in [-0.39, 0.29) is 53.3 Å². The molecule has 1 saturated heterocycles. The SMILES string of the molecule is COc1cc2nc(C)nc(N[C@H](C)c3cc(N)cc(C(F)(F)F)c3)c2cc1OCC1(CN(C)C(=O)CCCCCCOc2cccc3c2C(=O)N(C2CCC(=O)NC2=O)C3=O)CC1. The fraction of sp³-hybridized carbons (Fsp3) is 0.444. The first kappa shape index (κ1) is 44.6. The Hall–Kier alpha value is -6.46. The number of hydrogen-bond donors (Lipinski definition) is 3. The predicted molar refractivity (Wildman–Crippen MR) is 225 cm³/mol. The molecule has 2 aliphatic heterocycles. The molecule has 5 amide bonds. The summed E-state index contributed by atoms with van der Waals surface area (Å²) >= 11 is 0. The fourth-order valence-corrected chi connectivity index (χ4v) is 8.07. The van der Waals surface area contributed by atoms with Crippen LogP contribution in [0.25, 0.3) is 10.9 Å². The molecule has 3 aromatic carbocycles. The van der Waals surface area contributed by atoms with Crippen molar-refractivity contribution in [2.24, 2.45) is 5.41 Å². The Morgan fingerprint density at radius 2 is 1.76 bits per heavy atom. The van der Waals surface area contributed by atoms with Gasteiger partial charge in [-0.15, -0.1) is 0 Å². The van der Waals surface area contributed by atoms with Gasteiger partial charge in [0.1, 0.15) is 23.4 Å². The zero-order chi connectivity index (χ0) is 45.2. The van der Waals surface area contributed by atoms with Crippen LogP contribution in [0.15, 0.2) is 48.5 Å². The van der Waals surface area contributed by atoms with Gasteiger partial charge in [-0.05, 0) is 87.9 Å². The van der Waals surface area contributed by atoms with Crippen molar-refractivity contribution in [1.82, 2.24) is 25.1 Å². The van der Waals surface area contributed by atoms with E-state index in [9.17, 15) is 37.1 Å². The minimum Gasteiger partial charge on any atom is -0.493 e. The second-order valence-corrected chi connectivity index (χ2v) is 16.6. The Morgan fingerprint density at radius 3 is 2.48 bits per heavy atom. The number of carbonyl (C=O) groups excluding carboxylic acids is 5. The van der Waals surface area contributed by atoms with Crippen LogP contribution >= 0.6 is 0 Å². The lowest BCUT2D eigenvalue weighted by Gasteiger charge is -2.27. The van der Waals surface area contributed by atoms with Crippen LogP contribution < -0.4 is 30.6 Å². The molecule has 1 unspecified atom stereocenters. The van der Waals surface area contributed by atoms with Gasteiger partial charge >= 0.3 is 6.18 Å². The molecule has 3 aliphatic rings. The molecule has 15 nitrogen and oxygen atoms in total. The molecule has 2 atom stereocenters. The summed E-state index contributed by atoms with van der Waals surface area (Å²) in [4.78, 5) is 75.4. The summed E-state index contributed by atoms with van der Waals surface area (Å²) in [7, 11) is 3.31. The Morgan fingerprint density at radius 1 is 1.00 bits per heavy atom. The van der Waals surface area contributed by atoms with Crippen LogP contribution in [0.4, 0.5) is 24.7 Å². The zero-order valence-electron chi connectivity index (χ0n) is 35.5. The van der Waals surface area contributed by atoms with Crippen molar-refractivity contribution < 1.29 is 51.4 Å². The van der Waals surface area contributed by atoms with Gasteiger partial charge in [-0.25, -0.2) is 9.97 Å². The molecule has 7 rings (SSSR count). The van der Waals surface area contributed by atoms with Crippen LogP contribution in [0.2, 0.25) is 0 Å². The lowest BCUT2D eigenvalue weighted by Crippen LogP contribution is -2.54. The minimum atomic E-state index is -4.55. The first-order valence-electron chi connectivity index (χ1n) is 20.9. The van der Waals surface area contributed by atoms with E-state index in [0.29, 0.717) is 72.0 Å². The molecule has 4 aromatic rings. The van der Waals surface area contributed by atoms with E-state index in [2.05, 4.69) is 20.6 Å². The molecule has 0 radical (unpaired) electrons. The molecular weight excluding hydrogens is 824 g/mol. The topological polar surface area (TPSA) is 195 Å². The number of benzene rings is 3. The van der Waals surface area contributed by atoms with Crippen molar-refractivity contribution in [3.63, 3.8) is 0 Å². The summed E-state index contributed by atoms with van der Waals surface area (Å²) in [6.07, 6.45) is 0.522. The van der Waals surface area contributed by atoms with Crippen LogP contribution in [-0.2, 0) is 20.6 Å². The predicted octanol–water partition coefficient (Wildman–Crippen LogP) is 6.77. The van der Waals surface area contributed by atoms with E-state index >= 15 is 0 Å². The average molecular weight is 874 g/mol. The number of ether oxygens (including phenoxy) is 3. The second kappa shape index (κ2) is 18.1. The van der Waals surface area contributed by atoms with Crippen LogP contribution in [0.5, 0.6) is 17.2 Å². The van der Waals surface area contributed by atoms with Gasteiger partial charge in [0, 0.05) is 49.0 Å². The summed E-state index contributed by atoms with van der Waals surface area (Å²) in [5, 5.41) is 6.01. The normalized spacial score (nSPS) is 17.3. The number of fused-ring (bicyclic) bond motifs is 2. The number of aryl methyl sites for hydroxylation is 1. The number of carbonyl (C=O) groups is 5. The molecule has 63 heavy (non-hydrogen) atoms. The van der Waals surface area contributed by atoms with Crippen molar-refractivity contribution in [2.75, 3.05) is 45.0 Å². The highest BCUT2D eigenvalue weighted by atomic mass is 19.4. The van der Waals surface area contributed by atoms with Gasteiger partial charge in [0.05, 0.1) is 48.6 Å². The van der Waals surface area contributed by atoms with Gasteiger partial charge in [0.15, 0.2) is 11.5 Å². The largest absolute Gasteiger partial charge is 0.493 e. The fourth-order valence-electron chi connectivity index (χ4n) is 8.07. The number of methoxy groups -OCH3 is 1. The standard InChI is InChI=1S/C45H50F3N7O8/c1-25(27-18-28(45(46,47)48)20-29(49)19-27)50-40-31-21-36(35(61-4)22-32(31)51-26(2)52-40)63-24-44(15-16-44)23-54(3)38(57)12-7-5-6-8-17-62-34-11-9-10-30-39(34)43(60)55(42(30)59)33-13-14-37(56)53-41(33)58/h9-11,18-22,25,33H,5-8,12-17,23-24,49H2,1-4H3,(H,50,51,52)(H,53,56,58)/t25-,33?/m1/s1. The lowest BCUT2D eigenvalue weighted by molar-refractivity contribution is -0.138. The van der Waals surface area contributed by atoms with Gasteiger partial charge in [-0.3, -0.25) is 34.2 Å². The van der Waals surface area contributed by atoms with E-state index in [1.54, 1.807) is 50.1 Å². The van der Waals surface area contributed by atoms with Crippen LogP contribution in [0.1, 0.15) is 108 Å². The van der Waals surface area contributed by atoms with E-state index in [1.165, 1.54) is 19.2 Å². The number of unbranched alkanes of at least 4 members (excludes halogenated alkanes) is 3. The summed E-state index contributed by atoms with van der Waals surface area (Å²) in [5.41, 5.74) is 5.91. The quantitative estimate of drug-likeness (QED) is 0.0540. The number of aromatic nitrogens is 2. The maximum atomic E-state index is 13.6. The zero-order valence-corrected chi connectivity index (χ0v) is 35.5. The van der Waals surface area contributed by atoms with Gasteiger partial charge < -0.3 is 30.2 Å². The third-order valence-corrected chi connectivity index (χ3v) is 11.7. The monoisotopic (exact) mass is 873 g/mol. The molecule has 18 heteroatoms. The number of imide groups is 2. The molecule has 1 aromatic heterocycles. The third-order valence-electron chi connectivity index (χ3n) is 11.7.